The smallest absolute Gasteiger partial charge is 0.225 e. The van der Waals surface area contributed by atoms with Gasteiger partial charge in [-0.3, -0.25) is 9.48 Å². The molecule has 6 nitrogen and oxygen atoms in total. The van der Waals surface area contributed by atoms with E-state index >= 15 is 0 Å². The van der Waals surface area contributed by atoms with Crippen LogP contribution in [0.25, 0.3) is 10.7 Å². The van der Waals surface area contributed by atoms with Gasteiger partial charge in [-0.25, -0.2) is 4.98 Å². The van der Waals surface area contributed by atoms with E-state index in [1.54, 1.807) is 16.8 Å². The number of aromatic nitrogens is 3. The largest absolute Gasteiger partial charge is 0.351 e. The lowest BCUT2D eigenvalue weighted by Gasteiger charge is -2.26. The van der Waals surface area contributed by atoms with Crippen LogP contribution in [0.15, 0.2) is 36.5 Å². The minimum atomic E-state index is -0.395. The summed E-state index contributed by atoms with van der Waals surface area (Å²) in [6.07, 6.45) is 2.86. The van der Waals surface area contributed by atoms with Crippen LogP contribution in [0.2, 0.25) is 0 Å². The van der Waals surface area contributed by atoms with E-state index in [9.17, 15) is 4.79 Å². The molecule has 7 heteroatoms. The number of hydrogen-bond donors (Lipinski definition) is 1. The maximum absolute atomic E-state index is 12.6. The average molecular weight is 394 g/mol. The van der Waals surface area contributed by atoms with E-state index in [0.717, 1.165) is 26.8 Å². The van der Waals surface area contributed by atoms with Crippen LogP contribution in [0.4, 0.5) is 0 Å². The Hall–Kier alpha value is -2.98. The third-order valence-electron chi connectivity index (χ3n) is 4.35. The van der Waals surface area contributed by atoms with Crippen molar-refractivity contribution in [3.05, 3.63) is 58.2 Å². The van der Waals surface area contributed by atoms with Crippen LogP contribution in [0, 0.1) is 18.3 Å². The van der Waals surface area contributed by atoms with E-state index in [0.29, 0.717) is 18.4 Å². The highest BCUT2D eigenvalue weighted by Gasteiger charge is 2.22. The summed E-state index contributed by atoms with van der Waals surface area (Å²) in [4.78, 5) is 18.1. The Balaban J connectivity index is 1.64. The minimum absolute atomic E-state index is 0.0297. The summed E-state index contributed by atoms with van der Waals surface area (Å²) in [5.41, 5.74) is 3.01. The van der Waals surface area contributed by atoms with Gasteiger partial charge >= 0.3 is 0 Å². The number of nitrogens with one attached hydrogen (secondary N) is 1. The van der Waals surface area contributed by atoms with Crippen molar-refractivity contribution in [2.24, 2.45) is 7.05 Å². The molecule has 1 amide bonds. The number of nitrogens with zero attached hydrogens (tertiary/aromatic N) is 4. The summed E-state index contributed by atoms with van der Waals surface area (Å²) in [6, 6.07) is 11.5. The molecule has 3 rings (SSSR count). The van der Waals surface area contributed by atoms with E-state index in [1.165, 1.54) is 11.3 Å². The van der Waals surface area contributed by atoms with Crippen molar-refractivity contribution in [1.29, 1.82) is 5.26 Å². The van der Waals surface area contributed by atoms with Crippen LogP contribution >= 0.6 is 11.3 Å². The van der Waals surface area contributed by atoms with Crippen molar-refractivity contribution in [2.75, 3.05) is 0 Å². The first-order valence-corrected chi connectivity index (χ1v) is 9.84. The maximum atomic E-state index is 12.6. The van der Waals surface area contributed by atoms with E-state index in [4.69, 9.17) is 5.26 Å². The summed E-state index contributed by atoms with van der Waals surface area (Å²) in [7, 11) is 1.87. The lowest BCUT2D eigenvalue weighted by atomic mass is 9.94. The zero-order valence-electron chi connectivity index (χ0n) is 16.5. The molecule has 1 aromatic carbocycles. The van der Waals surface area contributed by atoms with Crippen LogP contribution in [0.3, 0.4) is 0 Å². The predicted octanol–water partition coefficient (Wildman–Crippen LogP) is 3.40. The number of carbonyl (C=O) groups excluding carboxylic acids is 1. The second-order valence-corrected chi connectivity index (χ2v) is 8.58. The summed E-state index contributed by atoms with van der Waals surface area (Å²) >= 11 is 1.51. The van der Waals surface area contributed by atoms with Crippen molar-refractivity contribution in [1.82, 2.24) is 20.1 Å². The molecular formula is C21H23N5OS. The molecule has 0 spiro atoms. The average Bonchev–Trinajstić information content (AvgIpc) is 3.21. The van der Waals surface area contributed by atoms with Gasteiger partial charge in [0.1, 0.15) is 10.7 Å². The Morgan fingerprint density at radius 3 is 2.61 bits per heavy atom. The normalized spacial score (nSPS) is 11.2. The number of aryl methyl sites for hydroxylation is 2. The number of nitriles is 1. The Labute approximate surface area is 168 Å². The lowest BCUT2D eigenvalue weighted by molar-refractivity contribution is -0.121. The molecule has 0 saturated carbocycles. The highest BCUT2D eigenvalue weighted by atomic mass is 32.1. The second kappa shape index (κ2) is 7.95. The van der Waals surface area contributed by atoms with Gasteiger partial charge in [0.05, 0.1) is 23.7 Å². The van der Waals surface area contributed by atoms with E-state index in [1.807, 2.05) is 52.2 Å². The summed E-state index contributed by atoms with van der Waals surface area (Å²) in [6.45, 7) is 5.93. The van der Waals surface area contributed by atoms with Crippen molar-refractivity contribution in [3.63, 3.8) is 0 Å². The molecule has 2 heterocycles. The molecule has 0 fully saturated rings. The molecule has 0 bridgehead atoms. The molecule has 0 aliphatic carbocycles. The Kier molecular flexibility index (Phi) is 5.61. The van der Waals surface area contributed by atoms with Gasteiger partial charge in [-0.1, -0.05) is 12.1 Å². The fourth-order valence-electron chi connectivity index (χ4n) is 3.05. The van der Waals surface area contributed by atoms with Gasteiger partial charge in [0, 0.05) is 23.7 Å². The topological polar surface area (TPSA) is 83.6 Å². The van der Waals surface area contributed by atoms with Crippen LogP contribution < -0.4 is 5.32 Å². The lowest BCUT2D eigenvalue weighted by Crippen LogP contribution is -2.45. The van der Waals surface area contributed by atoms with Crippen LogP contribution in [-0.2, 0) is 24.7 Å². The standard InChI is InChI=1S/C21H23N5OS/c1-14-18(28-20(23-14)17-9-10-26(4)25-17)11-19(27)24-21(2,3)12-15-5-7-16(13-22)8-6-15/h5-10H,11-12H2,1-4H3,(H,24,27). The first kappa shape index (κ1) is 19.8. The Morgan fingerprint density at radius 1 is 1.29 bits per heavy atom. The van der Waals surface area contributed by atoms with E-state index < -0.39 is 5.54 Å². The number of thiazole rings is 1. The maximum Gasteiger partial charge on any atom is 0.225 e. The fraction of sp³-hybridized carbons (Fsp3) is 0.333. The number of hydrogen-bond acceptors (Lipinski definition) is 5. The number of rotatable bonds is 6. The van der Waals surface area contributed by atoms with Crippen molar-refractivity contribution < 1.29 is 4.79 Å². The molecule has 2 aromatic heterocycles. The minimum Gasteiger partial charge on any atom is -0.351 e. The Morgan fingerprint density at radius 2 is 2.00 bits per heavy atom. The van der Waals surface area contributed by atoms with Gasteiger partial charge in [-0.2, -0.15) is 10.4 Å². The number of amides is 1. The summed E-state index contributed by atoms with van der Waals surface area (Å²) in [5, 5.41) is 17.2. The monoisotopic (exact) mass is 393 g/mol. The molecule has 144 valence electrons. The van der Waals surface area contributed by atoms with Gasteiger partial charge in [0.2, 0.25) is 5.91 Å². The van der Waals surface area contributed by atoms with Crippen LogP contribution in [-0.4, -0.2) is 26.2 Å². The zero-order chi connectivity index (χ0) is 20.3. The molecule has 3 aromatic rings. The number of carbonyl (C=O) groups is 1. The van der Waals surface area contributed by atoms with Gasteiger partial charge in [-0.05, 0) is 51.0 Å². The number of benzene rings is 1. The molecule has 0 saturated heterocycles. The SMILES string of the molecule is Cc1nc(-c2ccn(C)n2)sc1CC(=O)NC(C)(C)Cc1ccc(C#N)cc1. The third kappa shape index (κ3) is 4.84. The predicted molar refractivity (Wildman–Crippen MR) is 110 cm³/mol. The van der Waals surface area contributed by atoms with Crippen LogP contribution in [0.1, 0.15) is 35.5 Å². The molecule has 0 radical (unpaired) electrons. The van der Waals surface area contributed by atoms with E-state index in [-0.39, 0.29) is 5.91 Å². The summed E-state index contributed by atoms with van der Waals surface area (Å²) in [5.74, 6) is -0.0297. The molecular weight excluding hydrogens is 370 g/mol. The van der Waals surface area contributed by atoms with Crippen molar-refractivity contribution in [3.8, 4) is 16.8 Å². The highest BCUT2D eigenvalue weighted by molar-refractivity contribution is 7.15. The van der Waals surface area contributed by atoms with Gasteiger partial charge in [-0.15, -0.1) is 11.3 Å². The quantitative estimate of drug-likeness (QED) is 0.696. The fourth-order valence-corrected chi connectivity index (χ4v) is 4.08. The molecule has 0 atom stereocenters. The summed E-state index contributed by atoms with van der Waals surface area (Å²) < 4.78 is 1.74. The first-order chi connectivity index (χ1) is 13.3. The second-order valence-electron chi connectivity index (χ2n) is 7.50. The highest BCUT2D eigenvalue weighted by Crippen LogP contribution is 2.27. The van der Waals surface area contributed by atoms with E-state index in [2.05, 4.69) is 21.5 Å². The van der Waals surface area contributed by atoms with Crippen molar-refractivity contribution in [2.45, 2.75) is 39.2 Å². The molecule has 0 aliphatic rings. The molecule has 0 aliphatic heterocycles. The van der Waals surface area contributed by atoms with Gasteiger partial charge in [0.25, 0.3) is 0 Å². The van der Waals surface area contributed by atoms with Crippen molar-refractivity contribution >= 4 is 17.2 Å². The first-order valence-electron chi connectivity index (χ1n) is 9.02. The molecule has 1 N–H and O–H groups in total. The zero-order valence-corrected chi connectivity index (χ0v) is 17.3. The molecule has 28 heavy (non-hydrogen) atoms. The molecule has 0 unspecified atom stereocenters. The van der Waals surface area contributed by atoms with Gasteiger partial charge < -0.3 is 5.32 Å². The van der Waals surface area contributed by atoms with Gasteiger partial charge in [0.15, 0.2) is 0 Å². The van der Waals surface area contributed by atoms with Crippen LogP contribution in [0.5, 0.6) is 0 Å². The Bertz CT molecular complexity index is 1020. The third-order valence-corrected chi connectivity index (χ3v) is 5.53.